The van der Waals surface area contributed by atoms with Crippen molar-refractivity contribution in [2.45, 2.75) is 52.2 Å². The lowest BCUT2D eigenvalue weighted by atomic mass is 9.99. The Bertz CT molecular complexity index is 764. The first-order chi connectivity index (χ1) is 11.6. The Balaban J connectivity index is 1.66. The summed E-state index contributed by atoms with van der Waals surface area (Å²) in [5, 5.41) is 0. The number of hydrogen-bond acceptors (Lipinski definition) is 4. The van der Waals surface area contributed by atoms with Crippen molar-refractivity contribution in [3.63, 3.8) is 0 Å². The smallest absolute Gasteiger partial charge is 0.410 e. The molecule has 0 atom stereocenters. The topological polar surface area (TPSA) is 75.7 Å². The van der Waals surface area contributed by atoms with Gasteiger partial charge in [-0.15, -0.1) is 0 Å². The Kier molecular flexibility index (Phi) is 4.70. The molecule has 7 heteroatoms. The molecule has 0 saturated heterocycles. The number of amides is 1. The molecule has 1 aliphatic heterocycles. The molecule has 1 N–H and O–H groups in total. The van der Waals surface area contributed by atoms with Gasteiger partial charge in [0.2, 0.25) is 10.0 Å². The lowest BCUT2D eigenvalue weighted by Gasteiger charge is -2.31. The van der Waals surface area contributed by atoms with Gasteiger partial charge in [-0.2, -0.15) is 0 Å². The zero-order chi connectivity index (χ0) is 18.2. The molecule has 138 valence electrons. The van der Waals surface area contributed by atoms with Crippen LogP contribution in [0, 0.1) is 5.92 Å². The van der Waals surface area contributed by atoms with E-state index in [0.717, 1.165) is 24.0 Å². The number of fused-ring (bicyclic) bond motifs is 1. The fourth-order valence-corrected chi connectivity index (χ4v) is 4.44. The highest BCUT2D eigenvalue weighted by atomic mass is 32.2. The van der Waals surface area contributed by atoms with E-state index in [4.69, 9.17) is 4.74 Å². The zero-order valence-electron chi connectivity index (χ0n) is 15.0. The number of nitrogens with zero attached hydrogens (tertiary/aromatic N) is 1. The minimum atomic E-state index is -3.28. The van der Waals surface area contributed by atoms with Crippen LogP contribution in [-0.4, -0.2) is 37.3 Å². The molecule has 0 unspecified atom stereocenters. The van der Waals surface area contributed by atoms with Gasteiger partial charge < -0.3 is 9.64 Å². The molecule has 2 aliphatic rings. The molecule has 1 aromatic carbocycles. The van der Waals surface area contributed by atoms with E-state index in [9.17, 15) is 13.2 Å². The van der Waals surface area contributed by atoms with Gasteiger partial charge in [-0.1, -0.05) is 6.07 Å². The molecular formula is C18H26N2O4S. The maximum absolute atomic E-state index is 12.2. The highest BCUT2D eigenvalue weighted by molar-refractivity contribution is 7.92. The van der Waals surface area contributed by atoms with E-state index < -0.39 is 15.6 Å². The van der Waals surface area contributed by atoms with E-state index in [1.165, 1.54) is 0 Å². The van der Waals surface area contributed by atoms with E-state index in [2.05, 4.69) is 4.72 Å². The molecule has 3 rings (SSSR count). The SMILES string of the molecule is CC(C)(C)OC(=O)N1CCc2cc(NS(=O)(=O)CC3CC3)ccc2C1. The first-order valence-corrected chi connectivity index (χ1v) is 10.4. The van der Waals surface area contributed by atoms with E-state index >= 15 is 0 Å². The first kappa shape index (κ1) is 18.0. The second kappa shape index (κ2) is 6.52. The Morgan fingerprint density at radius 3 is 2.64 bits per heavy atom. The monoisotopic (exact) mass is 366 g/mol. The van der Waals surface area contributed by atoms with Crippen molar-refractivity contribution in [1.82, 2.24) is 4.90 Å². The van der Waals surface area contributed by atoms with Crippen LogP contribution >= 0.6 is 0 Å². The molecular weight excluding hydrogens is 340 g/mol. The van der Waals surface area contributed by atoms with Crippen LogP contribution in [0.2, 0.25) is 0 Å². The third kappa shape index (κ3) is 5.11. The van der Waals surface area contributed by atoms with Crippen molar-refractivity contribution in [1.29, 1.82) is 0 Å². The number of rotatable bonds is 4. The Morgan fingerprint density at radius 1 is 1.28 bits per heavy atom. The van der Waals surface area contributed by atoms with Gasteiger partial charge in [0.1, 0.15) is 5.60 Å². The predicted molar refractivity (Wildman–Crippen MR) is 96.9 cm³/mol. The summed E-state index contributed by atoms with van der Waals surface area (Å²) < 4.78 is 32.3. The minimum absolute atomic E-state index is 0.205. The molecule has 1 aliphatic carbocycles. The van der Waals surface area contributed by atoms with Crippen molar-refractivity contribution in [2.24, 2.45) is 5.92 Å². The molecule has 25 heavy (non-hydrogen) atoms. The lowest BCUT2D eigenvalue weighted by molar-refractivity contribution is 0.0224. The van der Waals surface area contributed by atoms with Gasteiger partial charge in [-0.3, -0.25) is 4.72 Å². The van der Waals surface area contributed by atoms with Gasteiger partial charge in [0, 0.05) is 18.8 Å². The van der Waals surface area contributed by atoms with Crippen molar-refractivity contribution in [3.05, 3.63) is 29.3 Å². The standard InChI is InChI=1S/C18H26N2O4S/c1-18(2,3)24-17(21)20-9-8-14-10-16(7-6-15(14)11-20)19-25(22,23)12-13-4-5-13/h6-7,10,13,19H,4-5,8-9,11-12H2,1-3H3. The summed E-state index contributed by atoms with van der Waals surface area (Å²) in [7, 11) is -3.28. The summed E-state index contributed by atoms with van der Waals surface area (Å²) in [5.41, 5.74) is 2.19. The second-order valence-corrected chi connectivity index (χ2v) is 9.73. The number of carbonyl (C=O) groups excluding carboxylic acids is 1. The van der Waals surface area contributed by atoms with Crippen LogP contribution < -0.4 is 4.72 Å². The fourth-order valence-electron chi connectivity index (χ4n) is 2.91. The number of benzene rings is 1. The summed E-state index contributed by atoms with van der Waals surface area (Å²) in [6.07, 6.45) is 2.39. The van der Waals surface area contributed by atoms with Crippen LogP contribution in [0.15, 0.2) is 18.2 Å². The predicted octanol–water partition coefficient (Wildman–Crippen LogP) is 3.13. The summed E-state index contributed by atoms with van der Waals surface area (Å²) in [5.74, 6) is 0.522. The van der Waals surface area contributed by atoms with E-state index in [1.807, 2.05) is 32.9 Å². The molecule has 0 aromatic heterocycles. The molecule has 1 aromatic rings. The van der Waals surface area contributed by atoms with E-state index in [-0.39, 0.29) is 11.8 Å². The number of sulfonamides is 1. The summed E-state index contributed by atoms with van der Waals surface area (Å²) in [6.45, 7) is 6.61. The first-order valence-electron chi connectivity index (χ1n) is 8.71. The molecule has 1 fully saturated rings. The molecule has 0 bridgehead atoms. The molecule has 6 nitrogen and oxygen atoms in total. The van der Waals surface area contributed by atoms with Crippen LogP contribution in [0.25, 0.3) is 0 Å². The van der Waals surface area contributed by atoms with Crippen LogP contribution in [0.4, 0.5) is 10.5 Å². The van der Waals surface area contributed by atoms with Gasteiger partial charge >= 0.3 is 6.09 Å². The van der Waals surface area contributed by atoms with Crippen molar-refractivity contribution < 1.29 is 17.9 Å². The maximum Gasteiger partial charge on any atom is 0.410 e. The third-order valence-electron chi connectivity index (χ3n) is 4.30. The van der Waals surface area contributed by atoms with E-state index in [1.54, 1.807) is 11.0 Å². The van der Waals surface area contributed by atoms with Gasteiger partial charge in [0.15, 0.2) is 0 Å². The van der Waals surface area contributed by atoms with Gasteiger partial charge in [0.25, 0.3) is 0 Å². The largest absolute Gasteiger partial charge is 0.444 e. The fraction of sp³-hybridized carbons (Fsp3) is 0.611. The van der Waals surface area contributed by atoms with Crippen molar-refractivity contribution >= 4 is 21.8 Å². The van der Waals surface area contributed by atoms with Crippen LogP contribution in [-0.2, 0) is 27.7 Å². The van der Waals surface area contributed by atoms with Crippen molar-refractivity contribution in [2.75, 3.05) is 17.0 Å². The van der Waals surface area contributed by atoms with Gasteiger partial charge in [-0.05, 0) is 69.2 Å². The van der Waals surface area contributed by atoms with Crippen LogP contribution in [0.5, 0.6) is 0 Å². The minimum Gasteiger partial charge on any atom is -0.444 e. The van der Waals surface area contributed by atoms with Crippen LogP contribution in [0.1, 0.15) is 44.7 Å². The third-order valence-corrected chi connectivity index (χ3v) is 5.75. The quantitative estimate of drug-likeness (QED) is 0.888. The Morgan fingerprint density at radius 2 is 2.00 bits per heavy atom. The van der Waals surface area contributed by atoms with Crippen molar-refractivity contribution in [3.8, 4) is 0 Å². The lowest BCUT2D eigenvalue weighted by Crippen LogP contribution is -2.39. The number of hydrogen-bond donors (Lipinski definition) is 1. The Hall–Kier alpha value is -1.76. The number of carbonyl (C=O) groups is 1. The zero-order valence-corrected chi connectivity index (χ0v) is 15.9. The van der Waals surface area contributed by atoms with E-state index in [0.29, 0.717) is 31.1 Å². The maximum atomic E-state index is 12.2. The van der Waals surface area contributed by atoms with Crippen LogP contribution in [0.3, 0.4) is 0 Å². The average molecular weight is 366 g/mol. The highest BCUT2D eigenvalue weighted by Gasteiger charge is 2.29. The summed E-state index contributed by atoms with van der Waals surface area (Å²) in [6, 6.07) is 5.54. The normalized spacial score (nSPS) is 17.8. The Labute approximate surface area is 149 Å². The molecule has 0 spiro atoms. The summed E-state index contributed by atoms with van der Waals surface area (Å²) in [4.78, 5) is 13.9. The molecule has 1 heterocycles. The molecule has 1 saturated carbocycles. The average Bonchev–Trinajstić information content (AvgIpc) is 3.27. The number of ether oxygens (including phenoxy) is 1. The number of nitrogens with one attached hydrogen (secondary N) is 1. The number of anilines is 1. The molecule has 1 amide bonds. The summed E-state index contributed by atoms with van der Waals surface area (Å²) >= 11 is 0. The van der Waals surface area contributed by atoms with Gasteiger partial charge in [-0.25, -0.2) is 13.2 Å². The highest BCUT2D eigenvalue weighted by Crippen LogP contribution is 2.31. The molecule has 0 radical (unpaired) electrons. The second-order valence-electron chi connectivity index (χ2n) is 7.96. The van der Waals surface area contributed by atoms with Gasteiger partial charge in [0.05, 0.1) is 5.75 Å².